The van der Waals surface area contributed by atoms with E-state index in [1.165, 1.54) is 6.33 Å². The van der Waals surface area contributed by atoms with Crippen molar-refractivity contribution in [2.45, 2.75) is 19.3 Å². The molecule has 0 unspecified atom stereocenters. The van der Waals surface area contributed by atoms with E-state index in [9.17, 15) is 4.79 Å². The van der Waals surface area contributed by atoms with E-state index in [-0.39, 0.29) is 6.42 Å². The number of halogens is 1. The highest BCUT2D eigenvalue weighted by molar-refractivity contribution is 9.10. The average molecular weight is 245 g/mol. The largest absolute Gasteiger partial charge is 0.481 e. The molecule has 0 aromatic carbocycles. The van der Waals surface area contributed by atoms with Gasteiger partial charge in [-0.1, -0.05) is 0 Å². The summed E-state index contributed by atoms with van der Waals surface area (Å²) in [4.78, 5) is 18.1. The van der Waals surface area contributed by atoms with Crippen molar-refractivity contribution in [2.24, 2.45) is 0 Å². The summed E-state index contributed by atoms with van der Waals surface area (Å²) in [6.07, 6.45) is 4.56. The van der Waals surface area contributed by atoms with Gasteiger partial charge in [-0.2, -0.15) is 0 Å². The number of hydrogen-bond donors (Lipinski definition) is 1. The highest BCUT2D eigenvalue weighted by Crippen LogP contribution is 2.13. The van der Waals surface area contributed by atoms with Gasteiger partial charge in [0.25, 0.3) is 0 Å². The fourth-order valence-corrected chi connectivity index (χ4v) is 1.35. The van der Waals surface area contributed by atoms with Gasteiger partial charge in [-0.05, 0) is 28.8 Å². The molecule has 0 radical (unpaired) electrons. The Labute approximate surface area is 84.2 Å². The van der Waals surface area contributed by atoms with Crippen LogP contribution < -0.4 is 0 Å². The maximum atomic E-state index is 10.2. The molecule has 0 bridgehead atoms. The maximum absolute atomic E-state index is 10.2. The summed E-state index contributed by atoms with van der Waals surface area (Å²) in [7, 11) is 0. The lowest BCUT2D eigenvalue weighted by molar-refractivity contribution is -0.137. The Bertz CT molecular complexity index is 304. The van der Waals surface area contributed by atoms with E-state index in [0.29, 0.717) is 12.8 Å². The van der Waals surface area contributed by atoms with Crippen molar-refractivity contribution in [3.8, 4) is 0 Å². The molecule has 0 atom stereocenters. The number of carboxylic acids is 1. The van der Waals surface area contributed by atoms with E-state index in [2.05, 4.69) is 25.9 Å². The van der Waals surface area contributed by atoms with Crippen molar-refractivity contribution < 1.29 is 9.90 Å². The number of carbonyl (C=O) groups is 1. The maximum Gasteiger partial charge on any atom is 0.303 e. The minimum absolute atomic E-state index is 0.177. The Balaban J connectivity index is 2.45. The van der Waals surface area contributed by atoms with E-state index in [0.717, 1.165) is 10.2 Å². The standard InChI is InChI=1S/C8H9BrN2O2/c9-6-4-10-5-11-7(6)2-1-3-8(12)13/h4-5H,1-3H2,(H,12,13). The minimum atomic E-state index is -0.773. The first-order valence-corrected chi connectivity index (χ1v) is 4.65. The Morgan fingerprint density at radius 2 is 2.38 bits per heavy atom. The predicted molar refractivity (Wildman–Crippen MR) is 50.3 cm³/mol. The van der Waals surface area contributed by atoms with Crippen LogP contribution in [0.25, 0.3) is 0 Å². The number of aryl methyl sites for hydroxylation is 1. The van der Waals surface area contributed by atoms with Crippen LogP contribution in [0.4, 0.5) is 0 Å². The quantitative estimate of drug-likeness (QED) is 0.875. The van der Waals surface area contributed by atoms with Crippen LogP contribution in [0.15, 0.2) is 17.0 Å². The third-order valence-corrected chi connectivity index (χ3v) is 2.21. The second-order valence-corrected chi connectivity index (χ2v) is 3.42. The molecular formula is C8H9BrN2O2. The van der Waals surface area contributed by atoms with Crippen molar-refractivity contribution in [3.63, 3.8) is 0 Å². The van der Waals surface area contributed by atoms with Gasteiger partial charge in [0.1, 0.15) is 6.33 Å². The molecule has 5 heteroatoms. The molecular weight excluding hydrogens is 236 g/mol. The molecule has 1 heterocycles. The minimum Gasteiger partial charge on any atom is -0.481 e. The molecule has 70 valence electrons. The van der Waals surface area contributed by atoms with Crippen LogP contribution in [0, 0.1) is 0 Å². The number of carboxylic acid groups (broad SMARTS) is 1. The first-order valence-electron chi connectivity index (χ1n) is 3.86. The smallest absolute Gasteiger partial charge is 0.303 e. The average Bonchev–Trinajstić information content (AvgIpc) is 2.08. The van der Waals surface area contributed by atoms with Crippen LogP contribution >= 0.6 is 15.9 Å². The predicted octanol–water partition coefficient (Wildman–Crippen LogP) is 1.65. The van der Waals surface area contributed by atoms with Gasteiger partial charge in [0.15, 0.2) is 0 Å². The number of rotatable bonds is 4. The van der Waals surface area contributed by atoms with Crippen molar-refractivity contribution in [1.29, 1.82) is 0 Å². The zero-order valence-corrected chi connectivity index (χ0v) is 8.49. The van der Waals surface area contributed by atoms with Crippen molar-refractivity contribution in [1.82, 2.24) is 9.97 Å². The molecule has 0 saturated carbocycles. The highest BCUT2D eigenvalue weighted by Gasteiger charge is 2.02. The molecule has 1 rings (SSSR count). The van der Waals surface area contributed by atoms with Gasteiger partial charge in [-0.3, -0.25) is 4.79 Å². The van der Waals surface area contributed by atoms with Gasteiger partial charge in [0, 0.05) is 12.6 Å². The van der Waals surface area contributed by atoms with Gasteiger partial charge in [0.2, 0.25) is 0 Å². The summed E-state index contributed by atoms with van der Waals surface area (Å²) in [5.41, 5.74) is 0.858. The zero-order valence-electron chi connectivity index (χ0n) is 6.90. The fraction of sp³-hybridized carbons (Fsp3) is 0.375. The zero-order chi connectivity index (χ0) is 9.68. The summed E-state index contributed by atoms with van der Waals surface area (Å²) in [6.45, 7) is 0. The van der Waals surface area contributed by atoms with E-state index in [4.69, 9.17) is 5.11 Å². The van der Waals surface area contributed by atoms with Crippen LogP contribution in [0.3, 0.4) is 0 Å². The Hall–Kier alpha value is -0.970. The Kier molecular flexibility index (Phi) is 3.82. The Morgan fingerprint density at radius 1 is 1.62 bits per heavy atom. The third-order valence-electron chi connectivity index (χ3n) is 1.55. The van der Waals surface area contributed by atoms with Gasteiger partial charge < -0.3 is 5.11 Å². The van der Waals surface area contributed by atoms with E-state index < -0.39 is 5.97 Å². The first-order chi connectivity index (χ1) is 6.20. The molecule has 0 aliphatic rings. The molecule has 0 fully saturated rings. The van der Waals surface area contributed by atoms with Crippen LogP contribution in [0.2, 0.25) is 0 Å². The summed E-state index contributed by atoms with van der Waals surface area (Å²) in [5, 5.41) is 8.42. The summed E-state index contributed by atoms with van der Waals surface area (Å²) >= 11 is 3.29. The van der Waals surface area contributed by atoms with Crippen LogP contribution in [-0.2, 0) is 11.2 Å². The monoisotopic (exact) mass is 244 g/mol. The fourth-order valence-electron chi connectivity index (χ4n) is 0.929. The molecule has 1 N–H and O–H groups in total. The summed E-state index contributed by atoms with van der Waals surface area (Å²) in [5.74, 6) is -0.773. The molecule has 4 nitrogen and oxygen atoms in total. The van der Waals surface area contributed by atoms with Crippen LogP contribution in [-0.4, -0.2) is 21.0 Å². The molecule has 0 saturated heterocycles. The Morgan fingerprint density at radius 3 is 3.00 bits per heavy atom. The third kappa shape index (κ3) is 3.50. The molecule has 0 amide bonds. The molecule has 0 aliphatic carbocycles. The molecule has 13 heavy (non-hydrogen) atoms. The van der Waals surface area contributed by atoms with Crippen LogP contribution in [0.5, 0.6) is 0 Å². The molecule has 1 aromatic rings. The van der Waals surface area contributed by atoms with Crippen molar-refractivity contribution in [2.75, 3.05) is 0 Å². The number of nitrogens with zero attached hydrogens (tertiary/aromatic N) is 2. The number of hydrogen-bond acceptors (Lipinski definition) is 3. The first kappa shape index (κ1) is 10.1. The lowest BCUT2D eigenvalue weighted by atomic mass is 10.2. The van der Waals surface area contributed by atoms with E-state index in [1.807, 2.05) is 0 Å². The van der Waals surface area contributed by atoms with E-state index in [1.54, 1.807) is 6.20 Å². The normalized spacial score (nSPS) is 9.92. The SMILES string of the molecule is O=C(O)CCCc1ncncc1Br. The summed E-state index contributed by atoms with van der Waals surface area (Å²) < 4.78 is 0.834. The second kappa shape index (κ2) is 4.91. The highest BCUT2D eigenvalue weighted by atomic mass is 79.9. The molecule has 0 spiro atoms. The van der Waals surface area contributed by atoms with Crippen LogP contribution in [0.1, 0.15) is 18.5 Å². The second-order valence-electron chi connectivity index (χ2n) is 2.56. The van der Waals surface area contributed by atoms with Crippen molar-refractivity contribution >= 4 is 21.9 Å². The van der Waals surface area contributed by atoms with Gasteiger partial charge in [0.05, 0.1) is 10.2 Å². The van der Waals surface area contributed by atoms with Gasteiger partial charge in [-0.25, -0.2) is 9.97 Å². The van der Waals surface area contributed by atoms with Crippen molar-refractivity contribution in [3.05, 3.63) is 22.7 Å². The summed E-state index contributed by atoms with van der Waals surface area (Å²) in [6, 6.07) is 0. The lowest BCUT2D eigenvalue weighted by Gasteiger charge is -1.99. The number of aromatic nitrogens is 2. The van der Waals surface area contributed by atoms with E-state index >= 15 is 0 Å². The molecule has 0 aliphatic heterocycles. The number of aliphatic carboxylic acids is 1. The van der Waals surface area contributed by atoms with Gasteiger partial charge in [-0.15, -0.1) is 0 Å². The molecule has 1 aromatic heterocycles. The topological polar surface area (TPSA) is 63.1 Å². The van der Waals surface area contributed by atoms with Gasteiger partial charge >= 0.3 is 5.97 Å². The lowest BCUT2D eigenvalue weighted by Crippen LogP contribution is -1.98.